The van der Waals surface area contributed by atoms with E-state index in [1.54, 1.807) is 13.1 Å². The van der Waals surface area contributed by atoms with Crippen molar-refractivity contribution in [3.8, 4) is 0 Å². The van der Waals surface area contributed by atoms with Gasteiger partial charge >= 0.3 is 0 Å². The zero-order valence-electron chi connectivity index (χ0n) is 11.2. The molecule has 3 rings (SSSR count). The highest BCUT2D eigenvalue weighted by molar-refractivity contribution is 7.89. The van der Waals surface area contributed by atoms with Gasteiger partial charge in [0, 0.05) is 13.1 Å². The first kappa shape index (κ1) is 13.4. The van der Waals surface area contributed by atoms with Crippen LogP contribution in [0.4, 0.5) is 0 Å². The molecule has 1 N–H and O–H groups in total. The van der Waals surface area contributed by atoms with Crippen molar-refractivity contribution >= 4 is 10.0 Å². The molecule has 0 radical (unpaired) electrons. The number of sulfonamides is 1. The quantitative estimate of drug-likeness (QED) is 0.931. The predicted molar refractivity (Wildman–Crippen MR) is 74.3 cm³/mol. The summed E-state index contributed by atoms with van der Waals surface area (Å²) in [5, 5.41) is 2.94. The molecule has 20 heavy (non-hydrogen) atoms. The topological polar surface area (TPSA) is 62.6 Å². The molecular formula is C14H16N2O3S. The van der Waals surface area contributed by atoms with Crippen LogP contribution in [0.2, 0.25) is 0 Å². The number of benzene rings is 1. The van der Waals surface area contributed by atoms with Gasteiger partial charge in [-0.15, -0.1) is 0 Å². The van der Waals surface area contributed by atoms with Gasteiger partial charge in [-0.3, -0.25) is 0 Å². The van der Waals surface area contributed by atoms with Crippen LogP contribution in [-0.2, 0) is 29.7 Å². The molecule has 0 bridgehead atoms. The zero-order chi connectivity index (χ0) is 14.2. The smallest absolute Gasteiger partial charge is 0.277 e. The van der Waals surface area contributed by atoms with Gasteiger partial charge in [-0.25, -0.2) is 8.42 Å². The number of furan rings is 1. The van der Waals surface area contributed by atoms with Crippen molar-refractivity contribution in [1.29, 1.82) is 0 Å². The lowest BCUT2D eigenvalue weighted by atomic mass is 10.1. The van der Waals surface area contributed by atoms with E-state index in [4.69, 9.17) is 4.42 Å². The summed E-state index contributed by atoms with van der Waals surface area (Å²) in [6.45, 7) is 1.32. The highest BCUT2D eigenvalue weighted by Gasteiger charge is 2.32. The molecular weight excluding hydrogens is 276 g/mol. The summed E-state index contributed by atoms with van der Waals surface area (Å²) >= 11 is 0. The standard InChI is InChI=1S/C14H16N2O3S/c1-15-8-13-6-7-14(19-13)20(17,18)16-9-11-4-2-3-5-12(11)10-16/h2-7,15H,8-10H2,1H3. The number of nitrogens with zero attached hydrogens (tertiary/aromatic N) is 1. The highest BCUT2D eigenvalue weighted by Crippen LogP contribution is 2.29. The molecule has 0 amide bonds. The number of nitrogens with one attached hydrogen (secondary N) is 1. The Kier molecular flexibility index (Phi) is 3.37. The van der Waals surface area contributed by atoms with Crippen molar-refractivity contribution < 1.29 is 12.8 Å². The normalized spacial score (nSPS) is 15.4. The number of hydrogen-bond donors (Lipinski definition) is 1. The fraction of sp³-hybridized carbons (Fsp3) is 0.286. The molecule has 2 heterocycles. The van der Waals surface area contributed by atoms with E-state index < -0.39 is 10.0 Å². The second kappa shape index (κ2) is 5.05. The van der Waals surface area contributed by atoms with Gasteiger partial charge in [0.15, 0.2) is 0 Å². The molecule has 0 unspecified atom stereocenters. The molecule has 1 aliphatic rings. The average Bonchev–Trinajstić information content (AvgIpc) is 3.05. The summed E-state index contributed by atoms with van der Waals surface area (Å²) in [5.41, 5.74) is 2.11. The second-order valence-electron chi connectivity index (χ2n) is 4.79. The van der Waals surface area contributed by atoms with E-state index in [1.165, 1.54) is 10.4 Å². The van der Waals surface area contributed by atoms with Gasteiger partial charge in [-0.05, 0) is 30.3 Å². The van der Waals surface area contributed by atoms with Crippen LogP contribution in [0.1, 0.15) is 16.9 Å². The van der Waals surface area contributed by atoms with Gasteiger partial charge in [-0.1, -0.05) is 24.3 Å². The number of rotatable bonds is 4. The Balaban J connectivity index is 1.86. The Hall–Kier alpha value is -1.63. The van der Waals surface area contributed by atoms with E-state index in [0.29, 0.717) is 25.4 Å². The van der Waals surface area contributed by atoms with Crippen LogP contribution in [0.25, 0.3) is 0 Å². The monoisotopic (exact) mass is 292 g/mol. The van der Waals surface area contributed by atoms with Crippen molar-refractivity contribution in [1.82, 2.24) is 9.62 Å². The summed E-state index contributed by atoms with van der Waals surface area (Å²) in [6.07, 6.45) is 0. The number of hydrogen-bond acceptors (Lipinski definition) is 4. The third-order valence-electron chi connectivity index (χ3n) is 3.39. The molecule has 5 nitrogen and oxygen atoms in total. The molecule has 6 heteroatoms. The van der Waals surface area contributed by atoms with Crippen LogP contribution >= 0.6 is 0 Å². The van der Waals surface area contributed by atoms with Gasteiger partial charge in [0.1, 0.15) is 5.76 Å². The van der Waals surface area contributed by atoms with Crippen molar-refractivity contribution in [3.05, 3.63) is 53.3 Å². The van der Waals surface area contributed by atoms with E-state index in [-0.39, 0.29) is 5.09 Å². The van der Waals surface area contributed by atoms with Gasteiger partial charge in [-0.2, -0.15) is 4.31 Å². The molecule has 106 valence electrons. The van der Waals surface area contributed by atoms with Crippen molar-refractivity contribution in [3.63, 3.8) is 0 Å². The molecule has 0 aliphatic carbocycles. The van der Waals surface area contributed by atoms with Gasteiger partial charge in [0.25, 0.3) is 10.0 Å². The predicted octanol–water partition coefficient (Wildman–Crippen LogP) is 1.70. The molecule has 0 atom stereocenters. The first-order valence-electron chi connectivity index (χ1n) is 6.41. The lowest BCUT2D eigenvalue weighted by Gasteiger charge is -2.13. The molecule has 1 aromatic heterocycles. The minimum absolute atomic E-state index is 0.00977. The first-order valence-corrected chi connectivity index (χ1v) is 7.85. The highest BCUT2D eigenvalue weighted by atomic mass is 32.2. The van der Waals surface area contributed by atoms with Crippen molar-refractivity contribution in [2.45, 2.75) is 24.7 Å². The summed E-state index contributed by atoms with van der Waals surface area (Å²) in [4.78, 5) is 0. The van der Waals surface area contributed by atoms with Gasteiger partial charge < -0.3 is 9.73 Å². The number of fused-ring (bicyclic) bond motifs is 1. The third-order valence-corrected chi connectivity index (χ3v) is 5.06. The zero-order valence-corrected chi connectivity index (χ0v) is 12.0. The van der Waals surface area contributed by atoms with E-state index in [9.17, 15) is 8.42 Å². The maximum Gasteiger partial charge on any atom is 0.277 e. The molecule has 1 aromatic carbocycles. The Morgan fingerprint density at radius 2 is 1.80 bits per heavy atom. The maximum absolute atomic E-state index is 12.5. The lowest BCUT2D eigenvalue weighted by Crippen LogP contribution is -2.25. The first-order chi connectivity index (χ1) is 9.61. The fourth-order valence-corrected chi connectivity index (χ4v) is 3.69. The molecule has 0 spiro atoms. The SMILES string of the molecule is CNCc1ccc(S(=O)(=O)N2Cc3ccccc3C2)o1. The van der Waals surface area contributed by atoms with E-state index in [0.717, 1.165) is 11.1 Å². The molecule has 0 fully saturated rings. The lowest BCUT2D eigenvalue weighted by molar-refractivity contribution is 0.370. The van der Waals surface area contributed by atoms with Crippen LogP contribution < -0.4 is 5.32 Å². The van der Waals surface area contributed by atoms with Crippen molar-refractivity contribution in [2.24, 2.45) is 0 Å². The largest absolute Gasteiger partial charge is 0.447 e. The van der Waals surface area contributed by atoms with Crippen LogP contribution in [0, 0.1) is 0 Å². The summed E-state index contributed by atoms with van der Waals surface area (Å²) in [6, 6.07) is 11.0. The molecule has 0 saturated heterocycles. The van der Waals surface area contributed by atoms with Crippen LogP contribution in [-0.4, -0.2) is 19.8 Å². The Bertz CT molecular complexity index is 697. The van der Waals surface area contributed by atoms with Crippen LogP contribution in [0.15, 0.2) is 45.9 Å². The van der Waals surface area contributed by atoms with Gasteiger partial charge in [0.05, 0.1) is 6.54 Å². The average molecular weight is 292 g/mol. The second-order valence-corrected chi connectivity index (χ2v) is 6.66. The minimum Gasteiger partial charge on any atom is -0.447 e. The summed E-state index contributed by atoms with van der Waals surface area (Å²) in [7, 11) is -1.78. The van der Waals surface area contributed by atoms with Crippen molar-refractivity contribution in [2.75, 3.05) is 7.05 Å². The van der Waals surface area contributed by atoms with Crippen LogP contribution in [0.5, 0.6) is 0 Å². The van der Waals surface area contributed by atoms with E-state index >= 15 is 0 Å². The summed E-state index contributed by atoms with van der Waals surface area (Å²) < 4.78 is 31.9. The molecule has 2 aromatic rings. The maximum atomic E-state index is 12.5. The van der Waals surface area contributed by atoms with E-state index in [2.05, 4.69) is 5.32 Å². The minimum atomic E-state index is -3.56. The fourth-order valence-electron chi connectivity index (χ4n) is 2.37. The van der Waals surface area contributed by atoms with Crippen LogP contribution in [0.3, 0.4) is 0 Å². The van der Waals surface area contributed by atoms with Gasteiger partial charge in [0.2, 0.25) is 5.09 Å². The molecule has 1 aliphatic heterocycles. The Morgan fingerprint density at radius 3 is 2.40 bits per heavy atom. The Labute approximate surface area is 118 Å². The van der Waals surface area contributed by atoms with E-state index in [1.807, 2.05) is 24.3 Å². The Morgan fingerprint density at radius 1 is 1.15 bits per heavy atom. The molecule has 0 saturated carbocycles. The summed E-state index contributed by atoms with van der Waals surface area (Å²) in [5.74, 6) is 0.614. The third kappa shape index (κ3) is 2.26.